The molecule has 2 atom stereocenters. The van der Waals surface area contributed by atoms with Gasteiger partial charge in [0.1, 0.15) is 0 Å². The number of aromatic nitrogens is 1. The standard InChI is InChI=1S/C19H26N2/c1-3-17(14-18-8-5-4-6-9-18)15-21-13-12-20-11-7-10-19(20)16(21)2/h4-11,16-17H,3,12-15H2,1-2H3. The van der Waals surface area contributed by atoms with Crippen LogP contribution in [0.15, 0.2) is 48.7 Å². The number of fused-ring (bicyclic) bond motifs is 1. The molecule has 2 aromatic rings. The molecule has 0 saturated heterocycles. The summed E-state index contributed by atoms with van der Waals surface area (Å²) in [6.45, 7) is 8.19. The maximum atomic E-state index is 2.66. The molecule has 1 aromatic heterocycles. The highest BCUT2D eigenvalue weighted by molar-refractivity contribution is 5.16. The highest BCUT2D eigenvalue weighted by Crippen LogP contribution is 2.27. The minimum absolute atomic E-state index is 0.540. The van der Waals surface area contributed by atoms with Crippen LogP contribution in [0.1, 0.15) is 37.6 Å². The lowest BCUT2D eigenvalue weighted by Crippen LogP contribution is -2.39. The van der Waals surface area contributed by atoms with Gasteiger partial charge in [-0.05, 0) is 37.0 Å². The molecule has 2 heteroatoms. The van der Waals surface area contributed by atoms with Gasteiger partial charge < -0.3 is 4.57 Å². The molecule has 1 aliphatic heterocycles. The Labute approximate surface area is 128 Å². The van der Waals surface area contributed by atoms with Crippen molar-refractivity contribution in [3.63, 3.8) is 0 Å². The molecule has 2 nitrogen and oxygen atoms in total. The van der Waals surface area contributed by atoms with Crippen molar-refractivity contribution in [1.29, 1.82) is 0 Å². The number of hydrogen-bond donors (Lipinski definition) is 0. The van der Waals surface area contributed by atoms with Crippen molar-refractivity contribution < 1.29 is 0 Å². The van der Waals surface area contributed by atoms with E-state index in [-0.39, 0.29) is 0 Å². The van der Waals surface area contributed by atoms with Crippen molar-refractivity contribution >= 4 is 0 Å². The molecule has 0 fully saturated rings. The fraction of sp³-hybridized carbons (Fsp3) is 0.474. The van der Waals surface area contributed by atoms with Gasteiger partial charge in [-0.25, -0.2) is 0 Å². The average Bonchev–Trinajstić information content (AvgIpc) is 2.99. The fourth-order valence-corrected chi connectivity index (χ4v) is 3.49. The third-order valence-electron chi connectivity index (χ3n) is 4.91. The normalized spacial score (nSPS) is 20.2. The molecule has 3 rings (SSSR count). The van der Waals surface area contributed by atoms with Gasteiger partial charge in [0.25, 0.3) is 0 Å². The maximum absolute atomic E-state index is 2.66. The van der Waals surface area contributed by atoms with Gasteiger partial charge in [0.2, 0.25) is 0 Å². The Morgan fingerprint density at radius 3 is 2.67 bits per heavy atom. The summed E-state index contributed by atoms with van der Waals surface area (Å²) in [4.78, 5) is 2.66. The van der Waals surface area contributed by atoms with E-state index in [9.17, 15) is 0 Å². The zero-order valence-electron chi connectivity index (χ0n) is 13.2. The Hall–Kier alpha value is -1.54. The van der Waals surface area contributed by atoms with Gasteiger partial charge in [-0.15, -0.1) is 0 Å². The molecule has 0 amide bonds. The van der Waals surface area contributed by atoms with Gasteiger partial charge in [0.05, 0.1) is 0 Å². The number of nitrogens with zero attached hydrogens (tertiary/aromatic N) is 2. The lowest BCUT2D eigenvalue weighted by atomic mass is 9.95. The molecule has 2 heterocycles. The molecule has 0 N–H and O–H groups in total. The lowest BCUT2D eigenvalue weighted by molar-refractivity contribution is 0.141. The van der Waals surface area contributed by atoms with E-state index in [1.807, 2.05) is 0 Å². The lowest BCUT2D eigenvalue weighted by Gasteiger charge is -2.37. The van der Waals surface area contributed by atoms with Gasteiger partial charge >= 0.3 is 0 Å². The monoisotopic (exact) mass is 282 g/mol. The molecule has 1 aromatic carbocycles. The van der Waals surface area contributed by atoms with Crippen molar-refractivity contribution in [2.24, 2.45) is 5.92 Å². The van der Waals surface area contributed by atoms with Crippen molar-refractivity contribution in [2.45, 2.75) is 39.3 Å². The Kier molecular flexibility index (Phi) is 4.45. The Morgan fingerprint density at radius 2 is 1.90 bits per heavy atom. The molecule has 0 bridgehead atoms. The maximum Gasteiger partial charge on any atom is 0.0473 e. The Balaban J connectivity index is 1.65. The predicted molar refractivity (Wildman–Crippen MR) is 88.3 cm³/mol. The summed E-state index contributed by atoms with van der Waals surface area (Å²) in [5.41, 5.74) is 2.94. The highest BCUT2D eigenvalue weighted by atomic mass is 15.2. The minimum atomic E-state index is 0.540. The van der Waals surface area contributed by atoms with Crippen LogP contribution in [0.4, 0.5) is 0 Å². The average molecular weight is 282 g/mol. The Morgan fingerprint density at radius 1 is 1.10 bits per heavy atom. The molecular formula is C19H26N2. The van der Waals surface area contributed by atoms with Crippen LogP contribution >= 0.6 is 0 Å². The van der Waals surface area contributed by atoms with E-state index >= 15 is 0 Å². The molecular weight excluding hydrogens is 256 g/mol. The number of rotatable bonds is 5. The van der Waals surface area contributed by atoms with Gasteiger partial charge in [0.15, 0.2) is 0 Å². The summed E-state index contributed by atoms with van der Waals surface area (Å²) in [5.74, 6) is 0.747. The first kappa shape index (κ1) is 14.4. The highest BCUT2D eigenvalue weighted by Gasteiger charge is 2.25. The second kappa shape index (κ2) is 6.48. The minimum Gasteiger partial charge on any atom is -0.349 e. The summed E-state index contributed by atoms with van der Waals surface area (Å²) in [6, 6.07) is 15.9. The second-order valence-corrected chi connectivity index (χ2v) is 6.26. The molecule has 1 aliphatic rings. The molecule has 0 aliphatic carbocycles. The van der Waals surface area contributed by atoms with E-state index in [0.29, 0.717) is 6.04 Å². The van der Waals surface area contributed by atoms with Gasteiger partial charge in [-0.3, -0.25) is 4.90 Å². The van der Waals surface area contributed by atoms with Crippen LogP contribution in [-0.4, -0.2) is 22.6 Å². The van der Waals surface area contributed by atoms with Gasteiger partial charge in [-0.2, -0.15) is 0 Å². The third kappa shape index (κ3) is 3.21. The van der Waals surface area contributed by atoms with Crippen LogP contribution in [0.25, 0.3) is 0 Å². The summed E-state index contributed by atoms with van der Waals surface area (Å²) in [5, 5.41) is 0. The van der Waals surface area contributed by atoms with Crippen molar-refractivity contribution in [2.75, 3.05) is 13.1 Å². The first-order chi connectivity index (χ1) is 10.3. The molecule has 0 saturated carbocycles. The van der Waals surface area contributed by atoms with Crippen LogP contribution in [0.2, 0.25) is 0 Å². The molecule has 0 spiro atoms. The molecule has 2 unspecified atom stereocenters. The summed E-state index contributed by atoms with van der Waals surface area (Å²) >= 11 is 0. The van der Waals surface area contributed by atoms with E-state index < -0.39 is 0 Å². The Bertz CT molecular complexity index is 558. The fourth-order valence-electron chi connectivity index (χ4n) is 3.49. The van der Waals surface area contributed by atoms with Crippen LogP contribution < -0.4 is 0 Å². The van der Waals surface area contributed by atoms with Gasteiger partial charge in [0, 0.05) is 37.6 Å². The van der Waals surface area contributed by atoms with E-state index in [0.717, 1.165) is 12.5 Å². The van der Waals surface area contributed by atoms with Crippen LogP contribution in [0.3, 0.4) is 0 Å². The zero-order chi connectivity index (χ0) is 14.7. The van der Waals surface area contributed by atoms with E-state index in [2.05, 4.69) is 72.0 Å². The predicted octanol–water partition coefficient (Wildman–Crippen LogP) is 4.13. The number of hydrogen-bond acceptors (Lipinski definition) is 1. The third-order valence-corrected chi connectivity index (χ3v) is 4.91. The summed E-state index contributed by atoms with van der Waals surface area (Å²) in [6.07, 6.45) is 4.66. The van der Waals surface area contributed by atoms with Crippen molar-refractivity contribution in [3.8, 4) is 0 Å². The van der Waals surface area contributed by atoms with Gasteiger partial charge in [-0.1, -0.05) is 43.7 Å². The summed E-state index contributed by atoms with van der Waals surface area (Å²) < 4.78 is 2.40. The SMILES string of the molecule is CCC(Cc1ccccc1)CN1CCn2cccc2C1C. The van der Waals surface area contributed by atoms with E-state index in [4.69, 9.17) is 0 Å². The van der Waals surface area contributed by atoms with E-state index in [1.54, 1.807) is 0 Å². The van der Waals surface area contributed by atoms with Crippen molar-refractivity contribution in [3.05, 3.63) is 59.9 Å². The van der Waals surface area contributed by atoms with Crippen LogP contribution in [0, 0.1) is 5.92 Å². The largest absolute Gasteiger partial charge is 0.349 e. The smallest absolute Gasteiger partial charge is 0.0473 e. The first-order valence-corrected chi connectivity index (χ1v) is 8.21. The molecule has 0 radical (unpaired) electrons. The molecule has 21 heavy (non-hydrogen) atoms. The van der Waals surface area contributed by atoms with Crippen LogP contribution in [-0.2, 0) is 13.0 Å². The summed E-state index contributed by atoms with van der Waals surface area (Å²) in [7, 11) is 0. The number of benzene rings is 1. The quantitative estimate of drug-likeness (QED) is 0.800. The molecule has 112 valence electrons. The topological polar surface area (TPSA) is 8.17 Å². The second-order valence-electron chi connectivity index (χ2n) is 6.26. The van der Waals surface area contributed by atoms with Crippen LogP contribution in [0.5, 0.6) is 0 Å². The van der Waals surface area contributed by atoms with Crippen molar-refractivity contribution in [1.82, 2.24) is 9.47 Å². The zero-order valence-corrected chi connectivity index (χ0v) is 13.2. The first-order valence-electron chi connectivity index (χ1n) is 8.21. The van der Waals surface area contributed by atoms with E-state index in [1.165, 1.54) is 37.2 Å².